The van der Waals surface area contributed by atoms with Crippen LogP contribution in [0, 0.1) is 11.7 Å². The van der Waals surface area contributed by atoms with Crippen molar-refractivity contribution in [3.63, 3.8) is 0 Å². The van der Waals surface area contributed by atoms with E-state index in [0.29, 0.717) is 63.0 Å². The summed E-state index contributed by atoms with van der Waals surface area (Å²) in [6.45, 7) is 4.14. The molecule has 1 fully saturated rings. The largest absolute Gasteiger partial charge is 0.497 e. The summed E-state index contributed by atoms with van der Waals surface area (Å²) in [7, 11) is 3.21. The average molecular weight is 540 g/mol. The molecule has 9 nitrogen and oxygen atoms in total. The Morgan fingerprint density at radius 1 is 1.10 bits per heavy atom. The van der Waals surface area contributed by atoms with Gasteiger partial charge in [-0.2, -0.15) is 0 Å². The van der Waals surface area contributed by atoms with E-state index in [0.717, 1.165) is 11.1 Å². The average Bonchev–Trinajstić information content (AvgIpc) is 3.42. The Hall–Kier alpha value is -3.92. The molecule has 0 aliphatic carbocycles. The van der Waals surface area contributed by atoms with Gasteiger partial charge in [0.1, 0.15) is 23.6 Å². The van der Waals surface area contributed by atoms with Crippen LogP contribution >= 0.6 is 0 Å². The van der Waals surface area contributed by atoms with Gasteiger partial charge in [0.25, 0.3) is 5.91 Å². The van der Waals surface area contributed by atoms with Crippen molar-refractivity contribution in [2.75, 3.05) is 33.9 Å². The first-order chi connectivity index (χ1) is 18.9. The number of carbonyl (C=O) groups is 2. The first kappa shape index (κ1) is 28.1. The van der Waals surface area contributed by atoms with Gasteiger partial charge in [-0.05, 0) is 55.7 Å². The number of likely N-dealkylation sites (tertiary alicyclic amines) is 1. The molecule has 4 rings (SSSR count). The zero-order valence-corrected chi connectivity index (χ0v) is 22.5. The predicted molar refractivity (Wildman–Crippen MR) is 141 cm³/mol. The smallest absolute Gasteiger partial charge is 0.310 e. The second-order valence-corrected chi connectivity index (χ2v) is 9.42. The van der Waals surface area contributed by atoms with Crippen molar-refractivity contribution >= 4 is 11.9 Å². The van der Waals surface area contributed by atoms with E-state index in [2.05, 4.69) is 9.88 Å². The molecule has 0 bridgehead atoms. The molecule has 1 aliphatic heterocycles. The summed E-state index contributed by atoms with van der Waals surface area (Å²) in [5.74, 6) is 0.556. The molecule has 1 amide bonds. The van der Waals surface area contributed by atoms with Crippen molar-refractivity contribution in [1.82, 2.24) is 14.8 Å². The fraction of sp³-hybridized carbons (Fsp3) is 0.414. The van der Waals surface area contributed by atoms with Crippen LogP contribution in [0.1, 0.15) is 47.3 Å². The fourth-order valence-electron chi connectivity index (χ4n) is 4.71. The Bertz CT molecular complexity index is 1260. The first-order valence-electron chi connectivity index (χ1n) is 13.0. The number of hydrogen-bond donors (Lipinski definition) is 0. The van der Waals surface area contributed by atoms with Gasteiger partial charge in [-0.15, -0.1) is 0 Å². The lowest BCUT2D eigenvalue weighted by molar-refractivity contribution is -0.149. The van der Waals surface area contributed by atoms with E-state index >= 15 is 0 Å². The third kappa shape index (κ3) is 7.35. The molecule has 10 heteroatoms. The number of aromatic nitrogens is 1. The zero-order valence-electron chi connectivity index (χ0n) is 22.5. The number of carbonyl (C=O) groups excluding carboxylic acids is 2. The zero-order chi connectivity index (χ0) is 27.8. The number of benzene rings is 2. The molecule has 0 spiro atoms. The maximum absolute atomic E-state index is 13.5. The molecule has 1 aliphatic rings. The third-order valence-corrected chi connectivity index (χ3v) is 6.66. The van der Waals surface area contributed by atoms with Gasteiger partial charge in [0.05, 0.1) is 33.3 Å². The van der Waals surface area contributed by atoms with Crippen LogP contribution < -0.4 is 9.47 Å². The van der Waals surface area contributed by atoms with Gasteiger partial charge in [0, 0.05) is 31.7 Å². The summed E-state index contributed by atoms with van der Waals surface area (Å²) in [6, 6.07) is 11.9. The minimum atomic E-state index is -0.335. The lowest BCUT2D eigenvalue weighted by Gasteiger charge is -2.30. The fourth-order valence-corrected chi connectivity index (χ4v) is 4.71. The molecule has 208 valence electrons. The van der Waals surface area contributed by atoms with Gasteiger partial charge in [0.15, 0.2) is 5.69 Å². The number of esters is 1. The van der Waals surface area contributed by atoms with Crippen LogP contribution in [0.25, 0.3) is 0 Å². The Morgan fingerprint density at radius 2 is 1.90 bits per heavy atom. The Kier molecular flexibility index (Phi) is 9.54. The van der Waals surface area contributed by atoms with Crippen LogP contribution in [-0.4, -0.2) is 60.6 Å². The number of piperidine rings is 1. The van der Waals surface area contributed by atoms with Crippen LogP contribution in [0.2, 0.25) is 0 Å². The highest BCUT2D eigenvalue weighted by molar-refractivity contribution is 5.92. The maximum Gasteiger partial charge on any atom is 0.310 e. The van der Waals surface area contributed by atoms with Gasteiger partial charge < -0.3 is 23.5 Å². The highest BCUT2D eigenvalue weighted by Gasteiger charge is 2.31. The Labute approximate surface area is 227 Å². The molecule has 2 heterocycles. The molecule has 0 unspecified atom stereocenters. The normalized spacial score (nSPS) is 15.3. The number of oxazole rings is 1. The minimum absolute atomic E-state index is 0.190. The lowest BCUT2D eigenvalue weighted by atomic mass is 9.98. The van der Waals surface area contributed by atoms with Gasteiger partial charge in [0.2, 0.25) is 5.89 Å². The molecule has 39 heavy (non-hydrogen) atoms. The molecule has 0 saturated carbocycles. The second kappa shape index (κ2) is 13.2. The molecule has 0 radical (unpaired) electrons. The Balaban J connectivity index is 1.51. The molecular formula is C29H34FN3O6. The van der Waals surface area contributed by atoms with E-state index in [1.807, 2.05) is 18.2 Å². The summed E-state index contributed by atoms with van der Waals surface area (Å²) < 4.78 is 35.3. The number of methoxy groups -OCH3 is 2. The molecule has 3 aromatic rings. The number of rotatable bonds is 11. The highest BCUT2D eigenvalue weighted by Crippen LogP contribution is 2.27. The number of ether oxygens (including phenoxy) is 3. The maximum atomic E-state index is 13.5. The first-order valence-corrected chi connectivity index (χ1v) is 13.0. The van der Waals surface area contributed by atoms with Crippen molar-refractivity contribution in [3.8, 4) is 11.5 Å². The van der Waals surface area contributed by atoms with E-state index in [1.54, 1.807) is 38.2 Å². The lowest BCUT2D eigenvalue weighted by Crippen LogP contribution is -2.43. The second-order valence-electron chi connectivity index (χ2n) is 9.42. The van der Waals surface area contributed by atoms with Crippen LogP contribution in [0.4, 0.5) is 4.39 Å². The van der Waals surface area contributed by atoms with E-state index < -0.39 is 0 Å². The molecule has 1 saturated heterocycles. The topological polar surface area (TPSA) is 94.3 Å². The van der Waals surface area contributed by atoms with Crippen molar-refractivity contribution in [2.24, 2.45) is 5.92 Å². The van der Waals surface area contributed by atoms with Gasteiger partial charge in [-0.25, -0.2) is 9.37 Å². The molecule has 2 aromatic carbocycles. The van der Waals surface area contributed by atoms with Crippen molar-refractivity contribution < 1.29 is 32.6 Å². The van der Waals surface area contributed by atoms with Gasteiger partial charge in [-0.1, -0.05) is 12.1 Å². The third-order valence-electron chi connectivity index (χ3n) is 6.66. The van der Waals surface area contributed by atoms with Crippen LogP contribution in [0.5, 0.6) is 11.5 Å². The quantitative estimate of drug-likeness (QED) is 0.330. The van der Waals surface area contributed by atoms with E-state index in [1.165, 1.54) is 18.4 Å². The number of halogens is 1. The van der Waals surface area contributed by atoms with Crippen LogP contribution in [0.15, 0.2) is 53.1 Å². The number of amides is 1. The standard InChI is InChI=1S/C29H34FN3O6/c1-4-38-29(35)21-6-5-13-33(17-21)28(34)25-19-39-27(31-25)18-32(15-20-7-9-23(30)10-8-20)16-22-14-24(36-2)11-12-26(22)37-3/h7-12,14,19,21H,4-6,13,15-18H2,1-3H3/t21-/m0/s1. The minimum Gasteiger partial charge on any atom is -0.497 e. The van der Waals surface area contributed by atoms with Gasteiger partial charge in [-0.3, -0.25) is 14.5 Å². The summed E-state index contributed by atoms with van der Waals surface area (Å²) in [4.78, 5) is 33.5. The van der Waals surface area contributed by atoms with Crippen LogP contribution in [0.3, 0.4) is 0 Å². The Morgan fingerprint density at radius 3 is 2.62 bits per heavy atom. The van der Waals surface area contributed by atoms with Crippen molar-refractivity contribution in [1.29, 1.82) is 0 Å². The molecular weight excluding hydrogens is 505 g/mol. The number of nitrogens with zero attached hydrogens (tertiary/aromatic N) is 3. The van der Waals surface area contributed by atoms with Crippen molar-refractivity contribution in [3.05, 3.63) is 77.3 Å². The van der Waals surface area contributed by atoms with Gasteiger partial charge >= 0.3 is 5.97 Å². The van der Waals surface area contributed by atoms with Crippen LogP contribution in [-0.2, 0) is 29.2 Å². The number of hydrogen-bond acceptors (Lipinski definition) is 8. The predicted octanol–water partition coefficient (Wildman–Crippen LogP) is 4.45. The summed E-state index contributed by atoms with van der Waals surface area (Å²) in [5, 5.41) is 0. The summed E-state index contributed by atoms with van der Waals surface area (Å²) >= 11 is 0. The molecule has 1 atom stereocenters. The van der Waals surface area contributed by atoms with Crippen molar-refractivity contribution in [2.45, 2.75) is 39.4 Å². The molecule has 1 aromatic heterocycles. The summed E-state index contributed by atoms with van der Waals surface area (Å²) in [5.41, 5.74) is 1.98. The van der Waals surface area contributed by atoms with E-state index in [4.69, 9.17) is 18.6 Å². The van der Waals surface area contributed by atoms with E-state index in [9.17, 15) is 14.0 Å². The molecule has 0 N–H and O–H groups in total. The monoisotopic (exact) mass is 539 g/mol. The van der Waals surface area contributed by atoms with E-state index in [-0.39, 0.29) is 35.9 Å². The highest BCUT2D eigenvalue weighted by atomic mass is 19.1. The SMILES string of the molecule is CCOC(=O)[C@H]1CCCN(C(=O)c2coc(CN(Cc3ccc(F)cc3)Cc3cc(OC)ccc3OC)n2)C1. The summed E-state index contributed by atoms with van der Waals surface area (Å²) in [6.07, 6.45) is 2.76.